The van der Waals surface area contributed by atoms with Gasteiger partial charge in [0.2, 0.25) is 0 Å². The maximum Gasteiger partial charge on any atom is 0.253 e. The Morgan fingerprint density at radius 1 is 1.43 bits per heavy atom. The molecule has 0 fully saturated rings. The van der Waals surface area contributed by atoms with Crippen LogP contribution in [0, 0.1) is 0 Å². The highest BCUT2D eigenvalue weighted by Crippen LogP contribution is 2.22. The third-order valence-corrected chi connectivity index (χ3v) is 4.23. The van der Waals surface area contributed by atoms with Crippen molar-refractivity contribution in [2.24, 2.45) is 0 Å². The third kappa shape index (κ3) is 3.72. The van der Waals surface area contributed by atoms with E-state index in [1.54, 1.807) is 48.5 Å². The molecule has 2 aromatic rings. The molecule has 21 heavy (non-hydrogen) atoms. The topological polar surface area (TPSA) is 71.2 Å². The Bertz CT molecular complexity index is 636. The van der Waals surface area contributed by atoms with Gasteiger partial charge in [-0.25, -0.2) is 4.98 Å². The van der Waals surface area contributed by atoms with E-state index in [4.69, 9.17) is 5.73 Å². The van der Waals surface area contributed by atoms with Gasteiger partial charge >= 0.3 is 0 Å². The number of benzene rings is 1. The van der Waals surface area contributed by atoms with Crippen LogP contribution in [0.1, 0.15) is 27.2 Å². The zero-order valence-corrected chi connectivity index (χ0v) is 13.3. The van der Waals surface area contributed by atoms with Crippen molar-refractivity contribution in [3.63, 3.8) is 0 Å². The molecule has 0 aliphatic rings. The predicted octanol–water partition coefficient (Wildman–Crippen LogP) is 2.60. The first kappa shape index (κ1) is 15.3. The van der Waals surface area contributed by atoms with Crippen molar-refractivity contribution in [2.75, 3.05) is 25.1 Å². The summed E-state index contributed by atoms with van der Waals surface area (Å²) in [6.07, 6.45) is 2.89. The molecule has 0 bridgehead atoms. The van der Waals surface area contributed by atoms with Crippen LogP contribution in [0.25, 0.3) is 0 Å². The molecule has 0 aliphatic heterocycles. The molecule has 0 saturated carbocycles. The van der Waals surface area contributed by atoms with Crippen LogP contribution in [0.3, 0.4) is 0 Å². The Balaban J connectivity index is 2.11. The van der Waals surface area contributed by atoms with Gasteiger partial charge in [0.15, 0.2) is 0 Å². The fourth-order valence-electron chi connectivity index (χ4n) is 1.86. The standard InChI is InChI=1S/C15H20N4OS/c1-4-11-8-18-14(21-11)9-17-13-7-10(5-6-12(13)16)15(20)19(2)3/h5-8,17H,4,9,16H2,1-3H3. The third-order valence-electron chi connectivity index (χ3n) is 3.09. The molecule has 5 nitrogen and oxygen atoms in total. The number of aryl methyl sites for hydroxylation is 1. The van der Waals surface area contributed by atoms with E-state index in [2.05, 4.69) is 17.2 Å². The maximum absolute atomic E-state index is 12.0. The van der Waals surface area contributed by atoms with Crippen LogP contribution in [0.15, 0.2) is 24.4 Å². The van der Waals surface area contributed by atoms with Gasteiger partial charge in [0, 0.05) is 30.7 Å². The lowest BCUT2D eigenvalue weighted by atomic mass is 10.1. The molecule has 1 aromatic carbocycles. The van der Waals surface area contributed by atoms with E-state index in [-0.39, 0.29) is 5.91 Å². The second-order valence-corrected chi connectivity index (χ2v) is 6.13. The van der Waals surface area contributed by atoms with Gasteiger partial charge in [0.25, 0.3) is 5.91 Å². The number of aromatic nitrogens is 1. The van der Waals surface area contributed by atoms with Crippen LogP contribution in [0.5, 0.6) is 0 Å². The lowest BCUT2D eigenvalue weighted by molar-refractivity contribution is 0.0827. The molecule has 6 heteroatoms. The number of nitrogens with two attached hydrogens (primary N) is 1. The van der Waals surface area contributed by atoms with Crippen LogP contribution in [0.4, 0.5) is 11.4 Å². The van der Waals surface area contributed by atoms with Crippen LogP contribution in [0.2, 0.25) is 0 Å². The van der Waals surface area contributed by atoms with E-state index in [9.17, 15) is 4.79 Å². The van der Waals surface area contributed by atoms with Gasteiger partial charge in [-0.15, -0.1) is 11.3 Å². The minimum atomic E-state index is -0.0411. The average Bonchev–Trinajstić information content (AvgIpc) is 2.93. The minimum Gasteiger partial charge on any atom is -0.397 e. The first-order chi connectivity index (χ1) is 10.0. The van der Waals surface area contributed by atoms with Gasteiger partial charge < -0.3 is 16.0 Å². The van der Waals surface area contributed by atoms with Crippen LogP contribution in [-0.4, -0.2) is 29.9 Å². The zero-order chi connectivity index (χ0) is 15.4. The Morgan fingerprint density at radius 2 is 2.19 bits per heavy atom. The molecule has 0 spiro atoms. The summed E-state index contributed by atoms with van der Waals surface area (Å²) >= 11 is 1.68. The molecule has 112 valence electrons. The summed E-state index contributed by atoms with van der Waals surface area (Å²) in [5.41, 5.74) is 7.96. The van der Waals surface area contributed by atoms with Gasteiger partial charge in [-0.3, -0.25) is 4.79 Å². The minimum absolute atomic E-state index is 0.0411. The molecule has 2 rings (SSSR count). The number of rotatable bonds is 5. The molecule has 0 saturated heterocycles. The van der Waals surface area contributed by atoms with Crippen molar-refractivity contribution in [3.05, 3.63) is 39.8 Å². The van der Waals surface area contributed by atoms with Crippen molar-refractivity contribution in [1.29, 1.82) is 0 Å². The van der Waals surface area contributed by atoms with Crippen molar-refractivity contribution in [3.8, 4) is 0 Å². The molecule has 0 radical (unpaired) electrons. The molecule has 0 aliphatic carbocycles. The fraction of sp³-hybridized carbons (Fsp3) is 0.333. The van der Waals surface area contributed by atoms with Gasteiger partial charge in [0.05, 0.1) is 17.9 Å². The highest BCUT2D eigenvalue weighted by molar-refractivity contribution is 7.11. The number of anilines is 2. The van der Waals surface area contributed by atoms with Crippen molar-refractivity contribution in [1.82, 2.24) is 9.88 Å². The molecule has 1 aromatic heterocycles. The molecule has 0 atom stereocenters. The largest absolute Gasteiger partial charge is 0.397 e. The van der Waals surface area contributed by atoms with E-state index in [0.29, 0.717) is 17.8 Å². The average molecular weight is 304 g/mol. The highest BCUT2D eigenvalue weighted by Gasteiger charge is 2.10. The van der Waals surface area contributed by atoms with Crippen LogP contribution < -0.4 is 11.1 Å². The number of thiazole rings is 1. The number of hydrogen-bond acceptors (Lipinski definition) is 5. The number of amides is 1. The van der Waals surface area contributed by atoms with Crippen molar-refractivity contribution < 1.29 is 4.79 Å². The maximum atomic E-state index is 12.0. The van der Waals surface area contributed by atoms with Crippen molar-refractivity contribution >= 4 is 28.6 Å². The van der Waals surface area contributed by atoms with Crippen molar-refractivity contribution in [2.45, 2.75) is 19.9 Å². The summed E-state index contributed by atoms with van der Waals surface area (Å²) in [6.45, 7) is 2.72. The second-order valence-electron chi connectivity index (χ2n) is 4.93. The van der Waals surface area contributed by atoms with E-state index >= 15 is 0 Å². The Labute approximate surface area is 128 Å². The summed E-state index contributed by atoms with van der Waals surface area (Å²) in [5, 5.41) is 4.26. The number of carbonyl (C=O) groups excluding carboxylic acids is 1. The smallest absolute Gasteiger partial charge is 0.253 e. The van der Waals surface area contributed by atoms with Gasteiger partial charge in [-0.05, 0) is 24.6 Å². The number of nitrogen functional groups attached to an aromatic ring is 1. The van der Waals surface area contributed by atoms with E-state index in [0.717, 1.165) is 17.1 Å². The second kappa shape index (κ2) is 6.58. The molecular weight excluding hydrogens is 284 g/mol. The first-order valence-electron chi connectivity index (χ1n) is 6.80. The number of carbonyl (C=O) groups is 1. The van der Waals surface area contributed by atoms with Gasteiger partial charge in [0.1, 0.15) is 5.01 Å². The number of hydrogen-bond donors (Lipinski definition) is 2. The van der Waals surface area contributed by atoms with E-state index in [1.165, 1.54) is 4.88 Å². The normalized spacial score (nSPS) is 10.4. The fourth-order valence-corrected chi connectivity index (χ4v) is 2.67. The van der Waals surface area contributed by atoms with Gasteiger partial charge in [-0.1, -0.05) is 6.92 Å². The lowest BCUT2D eigenvalue weighted by Crippen LogP contribution is -2.21. The number of nitrogens with zero attached hydrogens (tertiary/aromatic N) is 2. The Hall–Kier alpha value is -2.08. The molecule has 0 unspecified atom stereocenters. The summed E-state index contributed by atoms with van der Waals surface area (Å²) in [4.78, 5) is 19.1. The molecular formula is C15H20N4OS. The molecule has 3 N–H and O–H groups in total. The lowest BCUT2D eigenvalue weighted by Gasteiger charge is -2.13. The van der Waals surface area contributed by atoms with Crippen LogP contribution >= 0.6 is 11.3 Å². The summed E-state index contributed by atoms with van der Waals surface area (Å²) < 4.78 is 0. The first-order valence-corrected chi connectivity index (χ1v) is 7.61. The SMILES string of the molecule is CCc1cnc(CNc2cc(C(=O)N(C)C)ccc2N)s1. The van der Waals surface area contributed by atoms with Crippen LogP contribution in [-0.2, 0) is 13.0 Å². The highest BCUT2D eigenvalue weighted by atomic mass is 32.1. The summed E-state index contributed by atoms with van der Waals surface area (Å²) in [7, 11) is 3.46. The molecule has 1 amide bonds. The van der Waals surface area contributed by atoms with E-state index < -0.39 is 0 Å². The Kier molecular flexibility index (Phi) is 4.80. The quantitative estimate of drug-likeness (QED) is 0.833. The van der Waals surface area contributed by atoms with Gasteiger partial charge in [-0.2, -0.15) is 0 Å². The Morgan fingerprint density at radius 3 is 2.81 bits per heavy atom. The molecule has 1 heterocycles. The predicted molar refractivity (Wildman–Crippen MR) is 87.7 cm³/mol. The number of nitrogens with one attached hydrogen (secondary N) is 1. The van der Waals surface area contributed by atoms with E-state index in [1.807, 2.05) is 6.20 Å². The summed E-state index contributed by atoms with van der Waals surface area (Å²) in [6, 6.07) is 5.27. The summed E-state index contributed by atoms with van der Waals surface area (Å²) in [5.74, 6) is -0.0411. The zero-order valence-electron chi connectivity index (χ0n) is 12.5. The monoisotopic (exact) mass is 304 g/mol.